The lowest BCUT2D eigenvalue weighted by molar-refractivity contribution is 0.562. The first-order valence-corrected chi connectivity index (χ1v) is 7.68. The van der Waals surface area contributed by atoms with E-state index in [1.807, 2.05) is 25.6 Å². The fraction of sp³-hybridized carbons (Fsp3) is 0.727. The average Bonchev–Trinajstić information content (AvgIpc) is 2.44. The monoisotopic (exact) mass is 257 g/mol. The van der Waals surface area contributed by atoms with Crippen LogP contribution >= 0.6 is 0 Å². The molecule has 0 spiro atoms. The molecule has 6 heteroatoms. The molecule has 0 radical (unpaired) electrons. The summed E-state index contributed by atoms with van der Waals surface area (Å²) in [5.41, 5.74) is 2.95. The van der Waals surface area contributed by atoms with Crippen LogP contribution in [0.1, 0.15) is 24.2 Å². The normalized spacial score (nSPS) is 23.6. The summed E-state index contributed by atoms with van der Waals surface area (Å²) in [6.45, 7) is 3.92. The maximum atomic E-state index is 11.6. The van der Waals surface area contributed by atoms with Crippen LogP contribution < -0.4 is 5.32 Å². The van der Waals surface area contributed by atoms with Crippen LogP contribution in [0.25, 0.3) is 0 Å². The van der Waals surface area contributed by atoms with Crippen molar-refractivity contribution in [1.29, 1.82) is 0 Å². The number of nitrogens with one attached hydrogen (secondary N) is 1. The topological polar surface area (TPSA) is 64.0 Å². The maximum Gasteiger partial charge on any atom is 0.152 e. The molecule has 1 aliphatic heterocycles. The van der Waals surface area contributed by atoms with Crippen LogP contribution in [-0.2, 0) is 16.9 Å². The van der Waals surface area contributed by atoms with Crippen molar-refractivity contribution >= 4 is 15.5 Å². The average molecular weight is 257 g/mol. The first kappa shape index (κ1) is 12.4. The van der Waals surface area contributed by atoms with E-state index in [4.69, 9.17) is 0 Å². The van der Waals surface area contributed by atoms with Crippen LogP contribution in [-0.4, -0.2) is 35.7 Å². The molecule has 2 rings (SSSR count). The van der Waals surface area contributed by atoms with Crippen molar-refractivity contribution in [2.24, 2.45) is 7.05 Å². The van der Waals surface area contributed by atoms with E-state index >= 15 is 0 Å². The van der Waals surface area contributed by atoms with Crippen molar-refractivity contribution in [2.45, 2.75) is 32.7 Å². The van der Waals surface area contributed by atoms with Gasteiger partial charge in [-0.05, 0) is 26.7 Å². The number of aryl methyl sites for hydroxylation is 2. The van der Waals surface area contributed by atoms with Crippen molar-refractivity contribution < 1.29 is 8.42 Å². The standard InChI is InChI=1S/C11H19N3O2S/c1-8-11(9(2)14(3)13-8)12-10-5-4-6-17(15,16)7-10/h10,12H,4-7H2,1-3H3. The molecule has 0 aliphatic carbocycles. The van der Waals surface area contributed by atoms with Gasteiger partial charge in [-0.1, -0.05) is 0 Å². The van der Waals surface area contributed by atoms with E-state index in [0.29, 0.717) is 5.75 Å². The minimum Gasteiger partial charge on any atom is -0.378 e. The molecule has 1 N–H and O–H groups in total. The summed E-state index contributed by atoms with van der Waals surface area (Å²) >= 11 is 0. The Morgan fingerprint density at radius 2 is 2.12 bits per heavy atom. The Kier molecular flexibility index (Phi) is 3.16. The highest BCUT2D eigenvalue weighted by molar-refractivity contribution is 7.91. The Hall–Kier alpha value is -1.04. The molecule has 1 aliphatic rings. The summed E-state index contributed by atoms with van der Waals surface area (Å²) in [6.07, 6.45) is 1.66. The highest BCUT2D eigenvalue weighted by Gasteiger charge is 2.25. The minimum absolute atomic E-state index is 0.0235. The predicted octanol–water partition coefficient (Wildman–Crippen LogP) is 1.03. The molecule has 0 amide bonds. The molecule has 1 atom stereocenters. The number of anilines is 1. The van der Waals surface area contributed by atoms with Gasteiger partial charge in [0.15, 0.2) is 9.84 Å². The van der Waals surface area contributed by atoms with Crippen LogP contribution in [0.2, 0.25) is 0 Å². The zero-order valence-corrected chi connectivity index (χ0v) is 11.3. The fourth-order valence-corrected chi connectivity index (χ4v) is 3.96. The van der Waals surface area contributed by atoms with Gasteiger partial charge < -0.3 is 5.32 Å². The summed E-state index contributed by atoms with van der Waals surface area (Å²) in [4.78, 5) is 0. The van der Waals surface area contributed by atoms with Crippen LogP contribution in [0.15, 0.2) is 0 Å². The van der Waals surface area contributed by atoms with Crippen molar-refractivity contribution in [3.05, 3.63) is 11.4 Å². The number of aromatic nitrogens is 2. The van der Waals surface area contributed by atoms with Crippen molar-refractivity contribution in [3.63, 3.8) is 0 Å². The molecule has 0 saturated carbocycles. The third-order valence-electron chi connectivity index (χ3n) is 3.32. The predicted molar refractivity (Wildman–Crippen MR) is 68.0 cm³/mol. The Labute approximate surface area is 102 Å². The van der Waals surface area contributed by atoms with E-state index in [-0.39, 0.29) is 11.8 Å². The van der Waals surface area contributed by atoms with E-state index < -0.39 is 9.84 Å². The summed E-state index contributed by atoms with van der Waals surface area (Å²) in [5.74, 6) is 0.566. The largest absolute Gasteiger partial charge is 0.378 e. The molecule has 1 aromatic rings. The van der Waals surface area contributed by atoms with Gasteiger partial charge in [0.25, 0.3) is 0 Å². The summed E-state index contributed by atoms with van der Waals surface area (Å²) in [7, 11) is -0.967. The van der Waals surface area contributed by atoms with E-state index in [2.05, 4.69) is 10.4 Å². The minimum atomic E-state index is -2.86. The molecule has 0 bridgehead atoms. The lowest BCUT2D eigenvalue weighted by Gasteiger charge is -2.24. The van der Waals surface area contributed by atoms with Crippen LogP contribution in [0, 0.1) is 13.8 Å². The van der Waals surface area contributed by atoms with Gasteiger partial charge in [-0.3, -0.25) is 4.68 Å². The molecule has 1 saturated heterocycles. The first-order chi connectivity index (χ1) is 7.89. The number of nitrogens with zero attached hydrogens (tertiary/aromatic N) is 2. The molecular formula is C11H19N3O2S. The second-order valence-electron chi connectivity index (χ2n) is 4.77. The lowest BCUT2D eigenvalue weighted by Crippen LogP contribution is -2.35. The maximum absolute atomic E-state index is 11.6. The second-order valence-corrected chi connectivity index (χ2v) is 7.00. The number of rotatable bonds is 2. The van der Waals surface area contributed by atoms with Gasteiger partial charge in [-0.2, -0.15) is 5.10 Å². The molecule has 5 nitrogen and oxygen atoms in total. The quantitative estimate of drug-likeness (QED) is 0.859. The third-order valence-corrected chi connectivity index (χ3v) is 5.14. The molecular weight excluding hydrogens is 238 g/mol. The van der Waals surface area contributed by atoms with Gasteiger partial charge in [-0.15, -0.1) is 0 Å². The van der Waals surface area contributed by atoms with Crippen molar-refractivity contribution in [2.75, 3.05) is 16.8 Å². The van der Waals surface area contributed by atoms with Crippen LogP contribution in [0.3, 0.4) is 0 Å². The molecule has 1 fully saturated rings. The van der Waals surface area contributed by atoms with Gasteiger partial charge in [0, 0.05) is 13.1 Å². The first-order valence-electron chi connectivity index (χ1n) is 5.86. The molecule has 1 unspecified atom stereocenters. The van der Waals surface area contributed by atoms with Gasteiger partial charge in [0.2, 0.25) is 0 Å². The van der Waals surface area contributed by atoms with Gasteiger partial charge >= 0.3 is 0 Å². The van der Waals surface area contributed by atoms with E-state index in [0.717, 1.165) is 29.9 Å². The lowest BCUT2D eigenvalue weighted by atomic mass is 10.1. The highest BCUT2D eigenvalue weighted by atomic mass is 32.2. The van der Waals surface area contributed by atoms with Crippen LogP contribution in [0.4, 0.5) is 5.69 Å². The van der Waals surface area contributed by atoms with Gasteiger partial charge in [0.05, 0.1) is 28.6 Å². The Balaban J connectivity index is 2.16. The SMILES string of the molecule is Cc1nn(C)c(C)c1NC1CCCS(=O)(=O)C1. The van der Waals surface area contributed by atoms with E-state index in [1.54, 1.807) is 0 Å². The van der Waals surface area contributed by atoms with Gasteiger partial charge in [-0.25, -0.2) is 8.42 Å². The Morgan fingerprint density at radius 3 is 2.65 bits per heavy atom. The molecule has 2 heterocycles. The fourth-order valence-electron chi connectivity index (χ4n) is 2.32. The zero-order chi connectivity index (χ0) is 12.6. The summed E-state index contributed by atoms with van der Waals surface area (Å²) < 4.78 is 24.9. The zero-order valence-electron chi connectivity index (χ0n) is 10.5. The van der Waals surface area contributed by atoms with Crippen LogP contribution in [0.5, 0.6) is 0 Å². The van der Waals surface area contributed by atoms with Gasteiger partial charge in [0.1, 0.15) is 0 Å². The summed E-state index contributed by atoms with van der Waals surface area (Å²) in [6, 6.07) is 0.0235. The smallest absolute Gasteiger partial charge is 0.152 e. The Morgan fingerprint density at radius 1 is 1.41 bits per heavy atom. The van der Waals surface area contributed by atoms with E-state index in [9.17, 15) is 8.42 Å². The molecule has 96 valence electrons. The number of hydrogen-bond donors (Lipinski definition) is 1. The molecule has 17 heavy (non-hydrogen) atoms. The second kappa shape index (κ2) is 4.33. The number of hydrogen-bond acceptors (Lipinski definition) is 4. The highest BCUT2D eigenvalue weighted by Crippen LogP contribution is 2.22. The summed E-state index contributed by atoms with van der Waals surface area (Å²) in [5, 5.41) is 7.65. The van der Waals surface area contributed by atoms with E-state index in [1.165, 1.54) is 0 Å². The van der Waals surface area contributed by atoms with Crippen molar-refractivity contribution in [3.8, 4) is 0 Å². The Bertz CT molecular complexity index is 519. The number of sulfone groups is 1. The molecule has 1 aromatic heterocycles. The third kappa shape index (κ3) is 2.62. The van der Waals surface area contributed by atoms with Crippen molar-refractivity contribution in [1.82, 2.24) is 9.78 Å². The molecule has 0 aromatic carbocycles.